The van der Waals surface area contributed by atoms with Gasteiger partial charge in [-0.05, 0) is 19.1 Å². The molecule has 1 aliphatic heterocycles. The average Bonchev–Trinajstić information content (AvgIpc) is 3.07. The van der Waals surface area contributed by atoms with Gasteiger partial charge in [0, 0.05) is 6.07 Å². The molecule has 3 heterocycles. The Morgan fingerprint density at radius 3 is 2.73 bits per heavy atom. The van der Waals surface area contributed by atoms with Crippen LogP contribution in [0.15, 0.2) is 57.9 Å². The summed E-state index contributed by atoms with van der Waals surface area (Å²) in [5, 5.41) is 8.37. The smallest absolute Gasteiger partial charge is 0.339 e. The van der Waals surface area contributed by atoms with Gasteiger partial charge in [0.15, 0.2) is 5.69 Å². The molecule has 1 aromatic carbocycles. The molecule has 0 radical (unpaired) electrons. The molecule has 1 aliphatic rings. The van der Waals surface area contributed by atoms with E-state index < -0.39 is 5.63 Å². The fourth-order valence-electron chi connectivity index (χ4n) is 2.72. The van der Waals surface area contributed by atoms with Crippen molar-refractivity contribution in [2.75, 3.05) is 13.1 Å². The minimum absolute atomic E-state index is 0.163. The first kappa shape index (κ1) is 16.1. The van der Waals surface area contributed by atoms with E-state index in [1.165, 1.54) is 17.1 Å². The van der Waals surface area contributed by atoms with E-state index in [1.807, 2.05) is 30.3 Å². The van der Waals surface area contributed by atoms with Crippen LogP contribution < -0.4 is 10.4 Å². The Labute approximate surface area is 148 Å². The van der Waals surface area contributed by atoms with Crippen LogP contribution >= 0.6 is 0 Å². The highest BCUT2D eigenvalue weighted by atomic mass is 16.5. The average molecular weight is 352 g/mol. The molecule has 0 atom stereocenters. The van der Waals surface area contributed by atoms with Gasteiger partial charge in [-0.15, -0.1) is 5.10 Å². The molecule has 1 amide bonds. The molecule has 1 saturated heterocycles. The lowest BCUT2D eigenvalue weighted by Crippen LogP contribution is -2.56. The molecule has 0 unspecified atom stereocenters. The van der Waals surface area contributed by atoms with Gasteiger partial charge in [-0.2, -0.15) is 9.90 Å². The first-order chi connectivity index (χ1) is 12.6. The number of likely N-dealkylation sites (tertiary alicyclic amines) is 1. The molecular weight excluding hydrogens is 336 g/mol. The predicted octanol–water partition coefficient (Wildman–Crippen LogP) is 1.43. The standard InChI is InChI=1S/C18H16N4O4/c1-12-7-14(8-17(23)25-12)26-15-10-21(11-15)18(24)16-9-19-22(20-16)13-5-3-2-4-6-13/h2-9,15H,10-11H2,1H3. The van der Waals surface area contributed by atoms with Gasteiger partial charge in [0.2, 0.25) is 0 Å². The summed E-state index contributed by atoms with van der Waals surface area (Å²) >= 11 is 0. The first-order valence-corrected chi connectivity index (χ1v) is 8.14. The highest BCUT2D eigenvalue weighted by molar-refractivity contribution is 5.92. The van der Waals surface area contributed by atoms with Gasteiger partial charge in [-0.3, -0.25) is 4.79 Å². The van der Waals surface area contributed by atoms with E-state index in [1.54, 1.807) is 17.9 Å². The molecule has 8 nitrogen and oxygen atoms in total. The van der Waals surface area contributed by atoms with Gasteiger partial charge in [-0.25, -0.2) is 4.79 Å². The Hall–Kier alpha value is -3.42. The summed E-state index contributed by atoms with van der Waals surface area (Å²) < 4.78 is 10.6. The van der Waals surface area contributed by atoms with Crippen molar-refractivity contribution in [3.8, 4) is 11.4 Å². The molecule has 26 heavy (non-hydrogen) atoms. The zero-order chi connectivity index (χ0) is 18.1. The van der Waals surface area contributed by atoms with Crippen LogP contribution in [0.2, 0.25) is 0 Å². The maximum Gasteiger partial charge on any atom is 0.339 e. The van der Waals surface area contributed by atoms with Crippen LogP contribution in [0, 0.1) is 6.92 Å². The number of nitrogens with zero attached hydrogens (tertiary/aromatic N) is 4. The Balaban J connectivity index is 1.38. The zero-order valence-electron chi connectivity index (χ0n) is 14.0. The van der Waals surface area contributed by atoms with Crippen LogP contribution in [-0.2, 0) is 0 Å². The summed E-state index contributed by atoms with van der Waals surface area (Å²) in [6.07, 6.45) is 1.29. The summed E-state index contributed by atoms with van der Waals surface area (Å²) in [4.78, 5) is 26.9. The highest BCUT2D eigenvalue weighted by Gasteiger charge is 2.34. The van der Waals surface area contributed by atoms with E-state index in [0.29, 0.717) is 24.6 Å². The maximum atomic E-state index is 12.5. The zero-order valence-corrected chi connectivity index (χ0v) is 14.0. The van der Waals surface area contributed by atoms with Crippen molar-refractivity contribution in [1.82, 2.24) is 19.9 Å². The minimum atomic E-state index is -0.454. The Kier molecular flexibility index (Phi) is 4.00. The van der Waals surface area contributed by atoms with Gasteiger partial charge < -0.3 is 14.1 Å². The number of rotatable bonds is 4. The second-order valence-electron chi connectivity index (χ2n) is 6.03. The van der Waals surface area contributed by atoms with E-state index >= 15 is 0 Å². The van der Waals surface area contributed by atoms with Gasteiger partial charge in [0.25, 0.3) is 5.91 Å². The lowest BCUT2D eigenvalue weighted by atomic mass is 10.1. The number of carbonyl (C=O) groups excluding carboxylic acids is 1. The van der Waals surface area contributed by atoms with Crippen LogP contribution in [0.3, 0.4) is 0 Å². The molecule has 8 heteroatoms. The summed E-state index contributed by atoms with van der Waals surface area (Å²) in [6.45, 7) is 2.54. The Bertz CT molecular complexity index is 990. The summed E-state index contributed by atoms with van der Waals surface area (Å²) in [5.41, 5.74) is 0.614. The summed E-state index contributed by atoms with van der Waals surface area (Å²) in [5.74, 6) is 0.735. The highest BCUT2D eigenvalue weighted by Crippen LogP contribution is 2.19. The molecule has 0 aliphatic carbocycles. The predicted molar refractivity (Wildman–Crippen MR) is 91.4 cm³/mol. The molecule has 0 saturated carbocycles. The lowest BCUT2D eigenvalue weighted by Gasteiger charge is -2.38. The number of amides is 1. The van der Waals surface area contributed by atoms with E-state index in [9.17, 15) is 9.59 Å². The van der Waals surface area contributed by atoms with Crippen LogP contribution in [0.4, 0.5) is 0 Å². The van der Waals surface area contributed by atoms with Gasteiger partial charge >= 0.3 is 5.63 Å². The third-order valence-electron chi connectivity index (χ3n) is 4.00. The van der Waals surface area contributed by atoms with Crippen LogP contribution in [-0.4, -0.2) is 45.0 Å². The second kappa shape index (κ2) is 6.47. The van der Waals surface area contributed by atoms with Crippen molar-refractivity contribution in [3.05, 3.63) is 70.5 Å². The van der Waals surface area contributed by atoms with Crippen molar-refractivity contribution >= 4 is 5.91 Å². The number of aryl methyl sites for hydroxylation is 1. The van der Waals surface area contributed by atoms with Crippen molar-refractivity contribution in [1.29, 1.82) is 0 Å². The van der Waals surface area contributed by atoms with Crippen LogP contribution in [0.25, 0.3) is 5.69 Å². The minimum Gasteiger partial charge on any atom is -0.486 e. The number of aromatic nitrogens is 3. The fraction of sp³-hybridized carbons (Fsp3) is 0.222. The van der Waals surface area contributed by atoms with E-state index in [4.69, 9.17) is 9.15 Å². The Morgan fingerprint density at radius 1 is 1.23 bits per heavy atom. The fourth-order valence-corrected chi connectivity index (χ4v) is 2.72. The number of carbonyl (C=O) groups is 1. The summed E-state index contributed by atoms with van der Waals surface area (Å²) in [6, 6.07) is 12.3. The number of ether oxygens (including phenoxy) is 1. The molecule has 0 bridgehead atoms. The number of hydrogen-bond donors (Lipinski definition) is 0. The summed E-state index contributed by atoms with van der Waals surface area (Å²) in [7, 11) is 0. The monoisotopic (exact) mass is 352 g/mol. The first-order valence-electron chi connectivity index (χ1n) is 8.14. The van der Waals surface area contributed by atoms with E-state index in [2.05, 4.69) is 10.2 Å². The molecule has 0 N–H and O–H groups in total. The van der Waals surface area contributed by atoms with Crippen LogP contribution in [0.1, 0.15) is 16.2 Å². The van der Waals surface area contributed by atoms with Crippen molar-refractivity contribution < 1.29 is 13.9 Å². The third kappa shape index (κ3) is 3.21. The largest absolute Gasteiger partial charge is 0.486 e. The molecule has 3 aromatic rings. The third-order valence-corrected chi connectivity index (χ3v) is 4.00. The van der Waals surface area contributed by atoms with Crippen molar-refractivity contribution in [2.24, 2.45) is 0 Å². The molecule has 1 fully saturated rings. The van der Waals surface area contributed by atoms with Crippen LogP contribution in [0.5, 0.6) is 5.75 Å². The van der Waals surface area contributed by atoms with Crippen molar-refractivity contribution in [2.45, 2.75) is 13.0 Å². The molecular formula is C18H16N4O4. The number of para-hydroxylation sites is 1. The van der Waals surface area contributed by atoms with Gasteiger partial charge in [0.1, 0.15) is 17.6 Å². The van der Waals surface area contributed by atoms with Crippen molar-refractivity contribution in [3.63, 3.8) is 0 Å². The maximum absolute atomic E-state index is 12.5. The van der Waals surface area contributed by atoms with E-state index in [0.717, 1.165) is 5.69 Å². The molecule has 0 spiro atoms. The topological polar surface area (TPSA) is 90.5 Å². The van der Waals surface area contributed by atoms with Gasteiger partial charge in [0.05, 0.1) is 31.0 Å². The SMILES string of the molecule is Cc1cc(OC2CN(C(=O)c3cnn(-c4ccccc4)n3)C2)cc(=O)o1. The quantitative estimate of drug-likeness (QED) is 0.706. The van der Waals surface area contributed by atoms with Gasteiger partial charge in [-0.1, -0.05) is 18.2 Å². The van der Waals surface area contributed by atoms with E-state index in [-0.39, 0.29) is 17.7 Å². The normalized spacial score (nSPS) is 14.1. The molecule has 2 aromatic heterocycles. The molecule has 132 valence electrons. The molecule has 4 rings (SSSR count). The Morgan fingerprint density at radius 2 is 2.00 bits per heavy atom. The second-order valence-corrected chi connectivity index (χ2v) is 6.03. The number of hydrogen-bond acceptors (Lipinski definition) is 6. The lowest BCUT2D eigenvalue weighted by molar-refractivity contribution is 0.0170. The number of benzene rings is 1.